The summed E-state index contributed by atoms with van der Waals surface area (Å²) in [7, 11) is 0. The zero-order valence-electron chi connectivity index (χ0n) is 15.1. The third-order valence-electron chi connectivity index (χ3n) is 5.94. The summed E-state index contributed by atoms with van der Waals surface area (Å²) in [6.45, 7) is 2.27. The average Bonchev–Trinajstić information content (AvgIpc) is 2.60. The molecule has 3 rings (SSSR count). The summed E-state index contributed by atoms with van der Waals surface area (Å²) in [4.78, 5) is 0. The molecule has 1 aromatic rings. The minimum absolute atomic E-state index is 0.0292. The number of ether oxygens (including phenoxy) is 1. The molecule has 1 aliphatic carbocycles. The van der Waals surface area contributed by atoms with E-state index < -0.39 is 12.3 Å². The van der Waals surface area contributed by atoms with Gasteiger partial charge in [0, 0.05) is 0 Å². The number of alkyl halides is 3. The number of rotatable bonds is 5. The third-order valence-corrected chi connectivity index (χ3v) is 5.94. The molecule has 1 atom stereocenters. The Morgan fingerprint density at radius 1 is 1.00 bits per heavy atom. The molecule has 0 aromatic heterocycles. The van der Waals surface area contributed by atoms with Crippen molar-refractivity contribution in [1.82, 2.24) is 0 Å². The van der Waals surface area contributed by atoms with Gasteiger partial charge in [-0.2, -0.15) is 13.2 Å². The summed E-state index contributed by atoms with van der Waals surface area (Å²) in [5, 5.41) is 0. The van der Waals surface area contributed by atoms with Crippen molar-refractivity contribution in [3.63, 3.8) is 0 Å². The number of hydrogen-bond donors (Lipinski definition) is 0. The third kappa shape index (κ3) is 4.92. The van der Waals surface area contributed by atoms with Crippen LogP contribution >= 0.6 is 0 Å². The van der Waals surface area contributed by atoms with Crippen LogP contribution in [0.1, 0.15) is 69.4 Å². The topological polar surface area (TPSA) is 9.23 Å². The Kier molecular flexibility index (Phi) is 5.96. The van der Waals surface area contributed by atoms with Crippen LogP contribution in [0.3, 0.4) is 0 Å². The minimum atomic E-state index is -4.27. The van der Waals surface area contributed by atoms with Gasteiger partial charge < -0.3 is 4.74 Å². The highest BCUT2D eigenvalue weighted by atomic mass is 19.4. The second-order valence-electron chi connectivity index (χ2n) is 7.84. The van der Waals surface area contributed by atoms with Crippen molar-refractivity contribution in [2.45, 2.75) is 83.4 Å². The number of aryl methyl sites for hydroxylation is 2. The fraction of sp³-hybridized carbons (Fsp3) is 0.714. The van der Waals surface area contributed by atoms with E-state index in [2.05, 4.69) is 13.0 Å². The lowest BCUT2D eigenvalue weighted by Crippen LogP contribution is -2.37. The Balaban J connectivity index is 1.50. The minimum Gasteiger partial charge on any atom is -0.481 e. The van der Waals surface area contributed by atoms with E-state index in [1.165, 1.54) is 50.5 Å². The van der Waals surface area contributed by atoms with Crippen LogP contribution in [-0.4, -0.2) is 12.3 Å². The summed E-state index contributed by atoms with van der Waals surface area (Å²) in [5.41, 5.74) is 2.17. The van der Waals surface area contributed by atoms with E-state index in [9.17, 15) is 13.2 Å². The van der Waals surface area contributed by atoms with Crippen molar-refractivity contribution in [2.75, 3.05) is 0 Å². The van der Waals surface area contributed by atoms with Crippen molar-refractivity contribution in [1.29, 1.82) is 0 Å². The molecule has 0 amide bonds. The lowest BCUT2D eigenvalue weighted by atomic mass is 9.78. The molecule has 1 heterocycles. The Morgan fingerprint density at radius 3 is 2.32 bits per heavy atom. The van der Waals surface area contributed by atoms with E-state index in [4.69, 9.17) is 4.74 Å². The molecular formula is C21H29F3O. The number of hydrogen-bond acceptors (Lipinski definition) is 1. The number of fused-ring (bicyclic) bond motifs is 1. The average molecular weight is 354 g/mol. The van der Waals surface area contributed by atoms with Crippen molar-refractivity contribution in [3.05, 3.63) is 29.3 Å². The van der Waals surface area contributed by atoms with Crippen LogP contribution in [0.2, 0.25) is 0 Å². The Labute approximate surface area is 149 Å². The maximum Gasteiger partial charge on any atom is 0.425 e. The van der Waals surface area contributed by atoms with Crippen molar-refractivity contribution in [2.24, 2.45) is 11.8 Å². The van der Waals surface area contributed by atoms with Gasteiger partial charge in [0.25, 0.3) is 0 Å². The molecule has 1 saturated carbocycles. The Bertz CT molecular complexity index is 559. The number of benzene rings is 1. The first-order chi connectivity index (χ1) is 12.0. The summed E-state index contributed by atoms with van der Waals surface area (Å²) < 4.78 is 43.5. The highest BCUT2D eigenvalue weighted by molar-refractivity contribution is 5.39. The van der Waals surface area contributed by atoms with Crippen LogP contribution in [0.25, 0.3) is 0 Å². The van der Waals surface area contributed by atoms with Crippen LogP contribution < -0.4 is 4.74 Å². The van der Waals surface area contributed by atoms with E-state index in [-0.39, 0.29) is 6.42 Å². The summed E-state index contributed by atoms with van der Waals surface area (Å²) in [6, 6.07) is 5.74. The highest BCUT2D eigenvalue weighted by Crippen LogP contribution is 2.37. The van der Waals surface area contributed by atoms with Crippen LogP contribution in [0.15, 0.2) is 18.2 Å². The first kappa shape index (κ1) is 18.6. The molecule has 25 heavy (non-hydrogen) atoms. The van der Waals surface area contributed by atoms with Gasteiger partial charge in [0.05, 0.1) is 0 Å². The van der Waals surface area contributed by atoms with Gasteiger partial charge in [0.1, 0.15) is 5.75 Å². The largest absolute Gasteiger partial charge is 0.481 e. The SMILES string of the molecule is CCCC1CCC(CCc2ccc3c(c2)CCC(C(F)(F)F)O3)CC1. The number of halogens is 3. The van der Waals surface area contributed by atoms with E-state index >= 15 is 0 Å². The van der Waals surface area contributed by atoms with Crippen molar-refractivity contribution in [3.8, 4) is 5.75 Å². The van der Waals surface area contributed by atoms with Gasteiger partial charge in [0.2, 0.25) is 0 Å². The molecule has 0 saturated heterocycles. The second kappa shape index (κ2) is 8.01. The maximum absolute atomic E-state index is 12.8. The first-order valence-electron chi connectivity index (χ1n) is 9.81. The van der Waals surface area contributed by atoms with Gasteiger partial charge in [0.15, 0.2) is 6.10 Å². The monoisotopic (exact) mass is 354 g/mol. The molecule has 0 spiro atoms. The maximum atomic E-state index is 12.8. The molecule has 1 nitrogen and oxygen atoms in total. The molecule has 2 aliphatic rings. The lowest BCUT2D eigenvalue weighted by molar-refractivity contribution is -0.199. The lowest BCUT2D eigenvalue weighted by Gasteiger charge is -2.29. The van der Waals surface area contributed by atoms with Gasteiger partial charge in [-0.1, -0.05) is 57.6 Å². The fourth-order valence-corrected chi connectivity index (χ4v) is 4.42. The predicted molar refractivity (Wildman–Crippen MR) is 93.9 cm³/mol. The quantitative estimate of drug-likeness (QED) is 0.588. The second-order valence-corrected chi connectivity index (χ2v) is 7.84. The highest BCUT2D eigenvalue weighted by Gasteiger charge is 2.43. The fourth-order valence-electron chi connectivity index (χ4n) is 4.42. The Morgan fingerprint density at radius 2 is 1.68 bits per heavy atom. The summed E-state index contributed by atoms with van der Waals surface area (Å²) >= 11 is 0. The zero-order chi connectivity index (χ0) is 17.9. The molecule has 1 aromatic carbocycles. The van der Waals surface area contributed by atoms with Gasteiger partial charge in [-0.15, -0.1) is 0 Å². The zero-order valence-corrected chi connectivity index (χ0v) is 15.1. The van der Waals surface area contributed by atoms with Crippen LogP contribution in [0.4, 0.5) is 13.2 Å². The first-order valence-corrected chi connectivity index (χ1v) is 9.81. The van der Waals surface area contributed by atoms with E-state index in [0.29, 0.717) is 12.2 Å². The van der Waals surface area contributed by atoms with Gasteiger partial charge >= 0.3 is 6.18 Å². The van der Waals surface area contributed by atoms with E-state index in [0.717, 1.165) is 23.8 Å². The predicted octanol–water partition coefficient (Wildman–Crippen LogP) is 6.48. The summed E-state index contributed by atoms with van der Waals surface area (Å²) in [5.74, 6) is 2.16. The normalized spacial score (nSPS) is 26.8. The van der Waals surface area contributed by atoms with E-state index in [1.54, 1.807) is 6.07 Å². The van der Waals surface area contributed by atoms with E-state index in [1.807, 2.05) is 6.07 Å². The van der Waals surface area contributed by atoms with Gasteiger partial charge in [-0.25, -0.2) is 0 Å². The molecular weight excluding hydrogens is 325 g/mol. The van der Waals surface area contributed by atoms with Gasteiger partial charge in [-0.05, 0) is 54.7 Å². The van der Waals surface area contributed by atoms with Crippen LogP contribution in [0.5, 0.6) is 5.75 Å². The molecule has 1 aliphatic heterocycles. The molecule has 4 heteroatoms. The van der Waals surface area contributed by atoms with Crippen molar-refractivity contribution >= 4 is 0 Å². The molecule has 1 unspecified atom stereocenters. The van der Waals surface area contributed by atoms with Gasteiger partial charge in [-0.3, -0.25) is 0 Å². The van der Waals surface area contributed by atoms with Crippen LogP contribution in [-0.2, 0) is 12.8 Å². The standard InChI is InChI=1S/C21H29F3O/c1-2-3-15-4-6-16(7-5-15)8-9-17-10-12-19-18(14-17)11-13-20(25-19)21(22,23)24/h10,12,14-16,20H,2-9,11,13H2,1H3. The Hall–Kier alpha value is -1.19. The van der Waals surface area contributed by atoms with Crippen LogP contribution in [0, 0.1) is 11.8 Å². The molecule has 140 valence electrons. The van der Waals surface area contributed by atoms with Crippen molar-refractivity contribution < 1.29 is 17.9 Å². The molecule has 0 bridgehead atoms. The summed E-state index contributed by atoms with van der Waals surface area (Å²) in [6.07, 6.45) is 4.87. The molecule has 1 fully saturated rings. The smallest absolute Gasteiger partial charge is 0.425 e. The molecule has 0 radical (unpaired) electrons. The molecule has 0 N–H and O–H groups in total.